The van der Waals surface area contributed by atoms with Gasteiger partial charge in [-0.1, -0.05) is 57.4 Å². The summed E-state index contributed by atoms with van der Waals surface area (Å²) in [4.78, 5) is 0. The normalized spacial score (nSPS) is 21.4. The smallest absolute Gasteiger partial charge is 0.131 e. The number of hydrogen-bond acceptors (Lipinski definition) is 1. The molecule has 2 aromatic rings. The van der Waals surface area contributed by atoms with Crippen LogP contribution in [0.5, 0.6) is 5.75 Å². The maximum absolute atomic E-state index is 14.7. The Morgan fingerprint density at radius 1 is 1.04 bits per heavy atom. The summed E-state index contributed by atoms with van der Waals surface area (Å²) in [6, 6.07) is 13.3. The predicted molar refractivity (Wildman–Crippen MR) is 107 cm³/mol. The minimum absolute atomic E-state index is 0.130. The van der Waals surface area contributed by atoms with Crippen molar-refractivity contribution in [3.63, 3.8) is 0 Å². The Hall–Kier alpha value is -1.83. The number of methoxy groups -OCH3 is 1. The molecule has 0 bridgehead atoms. The van der Waals surface area contributed by atoms with E-state index in [-0.39, 0.29) is 5.82 Å². The van der Waals surface area contributed by atoms with Crippen LogP contribution in [0.4, 0.5) is 4.39 Å². The zero-order valence-corrected chi connectivity index (χ0v) is 16.3. The molecule has 26 heavy (non-hydrogen) atoms. The Balaban J connectivity index is 1.65. The fraction of sp³-hybridized carbons (Fsp3) is 0.500. The van der Waals surface area contributed by atoms with E-state index in [4.69, 9.17) is 4.74 Å². The van der Waals surface area contributed by atoms with Crippen molar-refractivity contribution in [3.05, 3.63) is 53.8 Å². The van der Waals surface area contributed by atoms with Gasteiger partial charge in [0, 0.05) is 5.56 Å². The molecule has 0 aliphatic heterocycles. The van der Waals surface area contributed by atoms with Crippen LogP contribution in [-0.2, 0) is 6.42 Å². The van der Waals surface area contributed by atoms with Gasteiger partial charge in [0.25, 0.3) is 0 Å². The minimum atomic E-state index is -0.130. The van der Waals surface area contributed by atoms with E-state index in [1.165, 1.54) is 32.1 Å². The lowest BCUT2D eigenvalue weighted by Gasteiger charge is -2.32. The molecular weight excluding hydrogens is 323 g/mol. The van der Waals surface area contributed by atoms with Crippen molar-refractivity contribution in [1.82, 2.24) is 0 Å². The van der Waals surface area contributed by atoms with Crippen LogP contribution in [0.1, 0.15) is 51.5 Å². The number of hydrogen-bond donors (Lipinski definition) is 0. The van der Waals surface area contributed by atoms with E-state index < -0.39 is 0 Å². The van der Waals surface area contributed by atoms with Gasteiger partial charge in [-0.25, -0.2) is 4.39 Å². The fourth-order valence-electron chi connectivity index (χ4n) is 4.39. The molecule has 1 aliphatic carbocycles. The molecule has 1 atom stereocenters. The molecule has 0 heterocycles. The third kappa shape index (κ3) is 4.47. The van der Waals surface area contributed by atoms with Gasteiger partial charge in [-0.15, -0.1) is 0 Å². The van der Waals surface area contributed by atoms with Crippen molar-refractivity contribution >= 4 is 0 Å². The highest BCUT2D eigenvalue weighted by Gasteiger charge is 2.24. The van der Waals surface area contributed by atoms with Crippen molar-refractivity contribution in [3.8, 4) is 16.9 Å². The average molecular weight is 355 g/mol. The first kappa shape index (κ1) is 18.9. The summed E-state index contributed by atoms with van der Waals surface area (Å²) < 4.78 is 19.9. The van der Waals surface area contributed by atoms with Crippen LogP contribution in [0.2, 0.25) is 0 Å². The minimum Gasteiger partial charge on any atom is -0.497 e. The summed E-state index contributed by atoms with van der Waals surface area (Å²) >= 11 is 0. The fourth-order valence-corrected chi connectivity index (χ4v) is 4.39. The van der Waals surface area contributed by atoms with Crippen LogP contribution in [0.15, 0.2) is 42.5 Å². The molecular formula is C24H31FO. The first-order valence-electron chi connectivity index (χ1n) is 10.0. The highest BCUT2D eigenvalue weighted by molar-refractivity contribution is 5.65. The molecule has 2 heteroatoms. The van der Waals surface area contributed by atoms with Crippen LogP contribution in [0, 0.1) is 23.6 Å². The Bertz CT molecular complexity index is 699. The van der Waals surface area contributed by atoms with Crippen LogP contribution in [-0.4, -0.2) is 7.11 Å². The van der Waals surface area contributed by atoms with Gasteiger partial charge in [0.15, 0.2) is 0 Å². The maximum Gasteiger partial charge on any atom is 0.131 e. The van der Waals surface area contributed by atoms with Gasteiger partial charge in [0.1, 0.15) is 11.6 Å². The largest absolute Gasteiger partial charge is 0.497 e. The highest BCUT2D eigenvalue weighted by Crippen LogP contribution is 2.36. The second kappa shape index (κ2) is 8.70. The van der Waals surface area contributed by atoms with Crippen LogP contribution in [0.25, 0.3) is 11.1 Å². The summed E-state index contributed by atoms with van der Waals surface area (Å²) in [5, 5.41) is 0. The molecule has 1 saturated carbocycles. The Morgan fingerprint density at radius 2 is 1.73 bits per heavy atom. The molecule has 140 valence electrons. The lowest BCUT2D eigenvalue weighted by atomic mass is 9.74. The number of rotatable bonds is 6. The van der Waals surface area contributed by atoms with Crippen LogP contribution in [0.3, 0.4) is 0 Å². The van der Waals surface area contributed by atoms with Gasteiger partial charge >= 0.3 is 0 Å². The second-order valence-electron chi connectivity index (χ2n) is 7.91. The SMILES string of the molecule is CCC1CCC(C(C)Cc2ccc(-c3ccc(OC)cc3)c(F)c2)CC1. The monoisotopic (exact) mass is 354 g/mol. The van der Waals surface area contributed by atoms with Crippen LogP contribution >= 0.6 is 0 Å². The first-order chi connectivity index (χ1) is 12.6. The maximum atomic E-state index is 14.7. The molecule has 1 nitrogen and oxygen atoms in total. The van der Waals surface area contributed by atoms with Crippen molar-refractivity contribution in [1.29, 1.82) is 0 Å². The number of ether oxygens (including phenoxy) is 1. The molecule has 2 aromatic carbocycles. The van der Waals surface area contributed by atoms with E-state index in [9.17, 15) is 4.39 Å². The molecule has 1 aliphatic rings. The molecule has 0 aromatic heterocycles. The summed E-state index contributed by atoms with van der Waals surface area (Å²) in [5.41, 5.74) is 2.66. The standard InChI is InChI=1S/C24H31FO/c1-4-18-5-8-20(9-6-18)17(2)15-19-7-14-23(24(25)16-19)21-10-12-22(26-3)13-11-21/h7,10-14,16-18,20H,4-6,8-9,15H2,1-3H3. The van der Waals surface area contributed by atoms with E-state index in [1.54, 1.807) is 13.2 Å². The number of halogens is 1. The highest BCUT2D eigenvalue weighted by atomic mass is 19.1. The summed E-state index contributed by atoms with van der Waals surface area (Å²) in [6.07, 6.45) is 7.71. The lowest BCUT2D eigenvalue weighted by molar-refractivity contribution is 0.210. The molecule has 0 radical (unpaired) electrons. The van der Waals surface area contributed by atoms with Gasteiger partial charge < -0.3 is 4.74 Å². The third-order valence-electron chi connectivity index (χ3n) is 6.27. The molecule has 1 unspecified atom stereocenters. The van der Waals surface area contributed by atoms with E-state index >= 15 is 0 Å². The second-order valence-corrected chi connectivity index (χ2v) is 7.91. The zero-order chi connectivity index (χ0) is 18.5. The first-order valence-corrected chi connectivity index (χ1v) is 10.0. The van der Waals surface area contributed by atoms with E-state index in [1.807, 2.05) is 30.3 Å². The van der Waals surface area contributed by atoms with Crippen molar-refractivity contribution in [2.45, 2.75) is 52.4 Å². The van der Waals surface area contributed by atoms with Gasteiger partial charge in [-0.2, -0.15) is 0 Å². The summed E-state index contributed by atoms with van der Waals surface area (Å²) in [5.74, 6) is 3.01. The topological polar surface area (TPSA) is 9.23 Å². The van der Waals surface area contributed by atoms with Gasteiger partial charge in [-0.05, 0) is 66.3 Å². The van der Waals surface area contributed by atoms with Gasteiger partial charge in [-0.3, -0.25) is 0 Å². The van der Waals surface area contributed by atoms with Gasteiger partial charge in [0.05, 0.1) is 7.11 Å². The van der Waals surface area contributed by atoms with E-state index in [0.717, 1.165) is 35.1 Å². The predicted octanol–water partition coefficient (Wildman–Crippen LogP) is 6.90. The van der Waals surface area contributed by atoms with E-state index in [0.29, 0.717) is 11.5 Å². The summed E-state index contributed by atoms with van der Waals surface area (Å²) in [7, 11) is 1.64. The average Bonchev–Trinajstić information content (AvgIpc) is 2.68. The molecule has 0 saturated heterocycles. The Morgan fingerprint density at radius 3 is 2.31 bits per heavy atom. The molecule has 0 spiro atoms. The van der Waals surface area contributed by atoms with Crippen molar-refractivity contribution < 1.29 is 9.13 Å². The third-order valence-corrected chi connectivity index (χ3v) is 6.27. The van der Waals surface area contributed by atoms with Gasteiger partial charge in [0.2, 0.25) is 0 Å². The molecule has 0 N–H and O–H groups in total. The molecule has 1 fully saturated rings. The van der Waals surface area contributed by atoms with Crippen molar-refractivity contribution in [2.75, 3.05) is 7.11 Å². The summed E-state index contributed by atoms with van der Waals surface area (Å²) in [6.45, 7) is 4.65. The Kier molecular flexibility index (Phi) is 6.34. The quantitative estimate of drug-likeness (QED) is 0.548. The molecule has 3 rings (SSSR count). The Labute approximate surface area is 157 Å². The van der Waals surface area contributed by atoms with E-state index in [2.05, 4.69) is 19.9 Å². The lowest BCUT2D eigenvalue weighted by Crippen LogP contribution is -2.21. The van der Waals surface area contributed by atoms with Crippen molar-refractivity contribution in [2.24, 2.45) is 17.8 Å². The van der Waals surface area contributed by atoms with Crippen LogP contribution < -0.4 is 4.74 Å². The number of benzene rings is 2. The molecule has 0 amide bonds. The zero-order valence-electron chi connectivity index (χ0n) is 16.3.